The highest BCUT2D eigenvalue weighted by Gasteiger charge is 2.19. The van der Waals surface area contributed by atoms with Gasteiger partial charge in [0.25, 0.3) is 0 Å². The Balaban J connectivity index is 3.95. The Morgan fingerprint density at radius 1 is 0.303 bits per heavy atom. The molecule has 0 aliphatic carbocycles. The molecule has 0 saturated heterocycles. The first-order chi connectivity index (χ1) is 32.5. The topological polar surface area (TPSA) is 78.9 Å². The highest BCUT2D eigenvalue weighted by Crippen LogP contribution is 2.16. The van der Waals surface area contributed by atoms with Crippen LogP contribution < -0.4 is 0 Å². The molecular weight excluding hydrogens is 817 g/mol. The number of rotatable bonds is 53. The molecule has 386 valence electrons. The van der Waals surface area contributed by atoms with Gasteiger partial charge in [-0.2, -0.15) is 0 Å². The molecule has 6 heteroatoms. The van der Waals surface area contributed by atoms with Crippen molar-refractivity contribution in [3.05, 3.63) is 36.5 Å². The number of hydrogen-bond acceptors (Lipinski definition) is 6. The van der Waals surface area contributed by atoms with Gasteiger partial charge in [0.15, 0.2) is 6.10 Å². The van der Waals surface area contributed by atoms with E-state index in [0.717, 1.165) is 70.6 Å². The standard InChI is InChI=1S/C60H110O6/c1-4-7-10-13-16-19-20-21-22-23-24-25-26-27-28-29-30-31-32-33-34-35-36-37-38-39-40-42-44-47-50-53-59(62)65-56-57(55-64-58(61)52-49-46-43-18-15-12-9-6-3)66-60(63)54-51-48-45-41-17-14-11-8-5-2/h20-21,23-24,26-27,57H,4-19,22,25,28-56H2,1-3H3/b21-20-,24-23-,27-26-. The summed E-state index contributed by atoms with van der Waals surface area (Å²) in [6.07, 6.45) is 66.1. The van der Waals surface area contributed by atoms with Gasteiger partial charge >= 0.3 is 17.9 Å². The molecule has 0 saturated carbocycles. The highest BCUT2D eigenvalue weighted by atomic mass is 16.6. The van der Waals surface area contributed by atoms with Gasteiger partial charge in [-0.25, -0.2) is 0 Å². The summed E-state index contributed by atoms with van der Waals surface area (Å²) in [7, 11) is 0. The quantitative estimate of drug-likeness (QED) is 0.0262. The van der Waals surface area contributed by atoms with Crippen LogP contribution in [0.1, 0.15) is 310 Å². The lowest BCUT2D eigenvalue weighted by atomic mass is 10.0. The van der Waals surface area contributed by atoms with Crippen molar-refractivity contribution in [2.24, 2.45) is 0 Å². The smallest absolute Gasteiger partial charge is 0.306 e. The van der Waals surface area contributed by atoms with E-state index < -0.39 is 6.10 Å². The molecule has 0 bridgehead atoms. The van der Waals surface area contributed by atoms with E-state index in [9.17, 15) is 14.4 Å². The van der Waals surface area contributed by atoms with Crippen LogP contribution in [0.25, 0.3) is 0 Å². The van der Waals surface area contributed by atoms with Crippen molar-refractivity contribution in [3.8, 4) is 0 Å². The van der Waals surface area contributed by atoms with Crippen LogP contribution in [0.2, 0.25) is 0 Å². The molecule has 0 heterocycles. The van der Waals surface area contributed by atoms with E-state index in [1.807, 2.05) is 0 Å². The monoisotopic (exact) mass is 927 g/mol. The Morgan fingerprint density at radius 2 is 0.545 bits per heavy atom. The van der Waals surface area contributed by atoms with Gasteiger partial charge in [0.1, 0.15) is 13.2 Å². The molecule has 0 N–H and O–H groups in total. The lowest BCUT2D eigenvalue weighted by Crippen LogP contribution is -2.30. The molecule has 1 unspecified atom stereocenters. The maximum absolute atomic E-state index is 12.7. The summed E-state index contributed by atoms with van der Waals surface area (Å²) in [5.74, 6) is -0.861. The van der Waals surface area contributed by atoms with Gasteiger partial charge in [-0.3, -0.25) is 14.4 Å². The minimum Gasteiger partial charge on any atom is -0.462 e. The second-order valence-corrected chi connectivity index (χ2v) is 19.6. The summed E-state index contributed by atoms with van der Waals surface area (Å²) in [6, 6.07) is 0. The average Bonchev–Trinajstić information content (AvgIpc) is 3.31. The van der Waals surface area contributed by atoms with E-state index in [2.05, 4.69) is 57.2 Å². The normalized spacial score (nSPS) is 12.2. The summed E-state index contributed by atoms with van der Waals surface area (Å²) in [4.78, 5) is 37.8. The molecule has 0 aliphatic rings. The maximum Gasteiger partial charge on any atom is 0.306 e. The van der Waals surface area contributed by atoms with Gasteiger partial charge < -0.3 is 14.2 Å². The Bertz CT molecular complexity index is 1110. The van der Waals surface area contributed by atoms with Crippen molar-refractivity contribution < 1.29 is 28.6 Å². The number of hydrogen-bond donors (Lipinski definition) is 0. The Labute approximate surface area is 410 Å². The molecule has 1 atom stereocenters. The minimum absolute atomic E-state index is 0.0673. The zero-order valence-electron chi connectivity index (χ0n) is 44.2. The molecule has 0 amide bonds. The maximum atomic E-state index is 12.7. The second-order valence-electron chi connectivity index (χ2n) is 19.6. The third-order valence-electron chi connectivity index (χ3n) is 12.9. The number of esters is 3. The molecule has 66 heavy (non-hydrogen) atoms. The highest BCUT2D eigenvalue weighted by molar-refractivity contribution is 5.71. The van der Waals surface area contributed by atoms with Crippen LogP contribution in [0, 0.1) is 0 Å². The summed E-state index contributed by atoms with van der Waals surface area (Å²) in [5, 5.41) is 0. The first-order valence-corrected chi connectivity index (χ1v) is 29.0. The molecule has 0 aromatic carbocycles. The number of ether oxygens (including phenoxy) is 3. The molecular formula is C60H110O6. The fourth-order valence-corrected chi connectivity index (χ4v) is 8.51. The Kier molecular flexibility index (Phi) is 53.2. The SMILES string of the molecule is CCCCCCC/C=C\C/C=C\C/C=C\CCCCCCCCCCCCCCCCCCC(=O)OCC(COC(=O)CCCCCCCCCC)OC(=O)CCCCCCCCCCC. The van der Waals surface area contributed by atoms with Crippen molar-refractivity contribution in [1.82, 2.24) is 0 Å². The third kappa shape index (κ3) is 52.6. The van der Waals surface area contributed by atoms with E-state index in [1.165, 1.54) is 199 Å². The average molecular weight is 928 g/mol. The van der Waals surface area contributed by atoms with Crippen molar-refractivity contribution >= 4 is 17.9 Å². The second kappa shape index (κ2) is 55.2. The zero-order valence-corrected chi connectivity index (χ0v) is 44.2. The van der Waals surface area contributed by atoms with Gasteiger partial charge in [0, 0.05) is 19.3 Å². The lowest BCUT2D eigenvalue weighted by molar-refractivity contribution is -0.167. The lowest BCUT2D eigenvalue weighted by Gasteiger charge is -2.18. The largest absolute Gasteiger partial charge is 0.462 e. The van der Waals surface area contributed by atoms with Crippen LogP contribution in [-0.2, 0) is 28.6 Å². The number of carbonyl (C=O) groups excluding carboxylic acids is 3. The molecule has 0 radical (unpaired) electrons. The van der Waals surface area contributed by atoms with Gasteiger partial charge in [-0.15, -0.1) is 0 Å². The van der Waals surface area contributed by atoms with E-state index in [-0.39, 0.29) is 31.1 Å². The molecule has 0 aromatic rings. The number of carbonyl (C=O) groups is 3. The Hall–Kier alpha value is -2.37. The van der Waals surface area contributed by atoms with Crippen LogP contribution in [0.3, 0.4) is 0 Å². The summed E-state index contributed by atoms with van der Waals surface area (Å²) in [5.41, 5.74) is 0. The Morgan fingerprint density at radius 3 is 0.848 bits per heavy atom. The van der Waals surface area contributed by atoms with Crippen LogP contribution >= 0.6 is 0 Å². The predicted octanol–water partition coefficient (Wildman–Crippen LogP) is 19.3. The number of allylic oxidation sites excluding steroid dienone is 6. The summed E-state index contributed by atoms with van der Waals surface area (Å²) in [6.45, 7) is 6.60. The first-order valence-electron chi connectivity index (χ1n) is 29.0. The van der Waals surface area contributed by atoms with Crippen LogP contribution in [0.15, 0.2) is 36.5 Å². The fraction of sp³-hybridized carbons (Fsp3) is 0.850. The summed E-state index contributed by atoms with van der Waals surface area (Å²) < 4.78 is 16.7. The van der Waals surface area contributed by atoms with Gasteiger partial charge in [0.2, 0.25) is 0 Å². The fourth-order valence-electron chi connectivity index (χ4n) is 8.51. The molecule has 0 spiro atoms. The van der Waals surface area contributed by atoms with Crippen molar-refractivity contribution in [1.29, 1.82) is 0 Å². The minimum atomic E-state index is -0.763. The molecule has 6 nitrogen and oxygen atoms in total. The van der Waals surface area contributed by atoms with Gasteiger partial charge in [-0.1, -0.05) is 269 Å². The van der Waals surface area contributed by atoms with Crippen LogP contribution in [0.4, 0.5) is 0 Å². The van der Waals surface area contributed by atoms with Crippen molar-refractivity contribution in [2.75, 3.05) is 13.2 Å². The van der Waals surface area contributed by atoms with E-state index in [1.54, 1.807) is 0 Å². The predicted molar refractivity (Wildman–Crippen MR) is 284 cm³/mol. The van der Waals surface area contributed by atoms with Crippen molar-refractivity contribution in [3.63, 3.8) is 0 Å². The summed E-state index contributed by atoms with van der Waals surface area (Å²) >= 11 is 0. The molecule has 0 aliphatic heterocycles. The van der Waals surface area contributed by atoms with Gasteiger partial charge in [0.05, 0.1) is 0 Å². The van der Waals surface area contributed by atoms with E-state index in [0.29, 0.717) is 19.3 Å². The third-order valence-corrected chi connectivity index (χ3v) is 12.9. The van der Waals surface area contributed by atoms with Crippen LogP contribution in [-0.4, -0.2) is 37.2 Å². The first kappa shape index (κ1) is 63.6. The van der Waals surface area contributed by atoms with Crippen molar-refractivity contribution in [2.45, 2.75) is 316 Å². The molecule has 0 fully saturated rings. The van der Waals surface area contributed by atoms with Gasteiger partial charge in [-0.05, 0) is 57.8 Å². The number of unbranched alkanes of at least 4 members (excludes halogenated alkanes) is 36. The molecule has 0 aromatic heterocycles. The zero-order chi connectivity index (χ0) is 47.9. The molecule has 0 rings (SSSR count). The van der Waals surface area contributed by atoms with Crippen LogP contribution in [0.5, 0.6) is 0 Å². The van der Waals surface area contributed by atoms with E-state index >= 15 is 0 Å². The van der Waals surface area contributed by atoms with E-state index in [4.69, 9.17) is 14.2 Å².